The van der Waals surface area contributed by atoms with E-state index in [1.165, 1.54) is 21.7 Å². The van der Waals surface area contributed by atoms with Crippen LogP contribution in [0.1, 0.15) is 50.0 Å². The number of nitrogens with zero attached hydrogens (tertiary/aromatic N) is 3. The van der Waals surface area contributed by atoms with Crippen molar-refractivity contribution in [3.8, 4) is 0 Å². The topological polar surface area (TPSA) is 116 Å². The number of esters is 1. The third kappa shape index (κ3) is 5.88. The van der Waals surface area contributed by atoms with E-state index in [1.54, 1.807) is 0 Å². The first-order valence-electron chi connectivity index (χ1n) is 9.52. The highest BCUT2D eigenvalue weighted by Gasteiger charge is 2.34. The molecule has 156 valence electrons. The molecule has 2 heterocycles. The second-order valence-corrected chi connectivity index (χ2v) is 9.08. The second kappa shape index (κ2) is 9.81. The molecular weight excluding hydrogens is 386 g/mol. The van der Waals surface area contributed by atoms with Gasteiger partial charge in [-0.25, -0.2) is 17.9 Å². The number of sulfone groups is 1. The van der Waals surface area contributed by atoms with Gasteiger partial charge in [-0.1, -0.05) is 20.3 Å². The highest BCUT2D eigenvalue weighted by molar-refractivity contribution is 7.91. The van der Waals surface area contributed by atoms with Crippen molar-refractivity contribution in [3.63, 3.8) is 0 Å². The Balaban J connectivity index is 2.02. The summed E-state index contributed by atoms with van der Waals surface area (Å²) in [6.45, 7) is 4.16. The van der Waals surface area contributed by atoms with Gasteiger partial charge in [0.2, 0.25) is 0 Å². The molecule has 0 aliphatic carbocycles. The molecule has 1 aliphatic heterocycles. The third-order valence-corrected chi connectivity index (χ3v) is 6.31. The predicted octanol–water partition coefficient (Wildman–Crippen LogP) is 0.626. The molecule has 1 fully saturated rings. The molecule has 28 heavy (non-hydrogen) atoms. The molecule has 0 bridgehead atoms. The zero-order valence-electron chi connectivity index (χ0n) is 16.3. The average molecular weight is 413 g/mol. The van der Waals surface area contributed by atoms with Crippen LogP contribution in [0.2, 0.25) is 0 Å². The summed E-state index contributed by atoms with van der Waals surface area (Å²) < 4.78 is 29.7. The Labute approximate surface area is 164 Å². The summed E-state index contributed by atoms with van der Waals surface area (Å²) in [5, 5.41) is 3.96. The van der Waals surface area contributed by atoms with Gasteiger partial charge in [-0.3, -0.25) is 9.59 Å². The van der Waals surface area contributed by atoms with Gasteiger partial charge in [0, 0.05) is 25.2 Å². The number of carbonyl (C=O) groups excluding carboxylic acids is 2. The maximum atomic E-state index is 12.6. The number of amides is 1. The van der Waals surface area contributed by atoms with Crippen LogP contribution in [0.3, 0.4) is 0 Å². The van der Waals surface area contributed by atoms with Crippen molar-refractivity contribution in [2.24, 2.45) is 0 Å². The van der Waals surface area contributed by atoms with E-state index in [-0.39, 0.29) is 28.8 Å². The second-order valence-electron chi connectivity index (χ2n) is 6.85. The van der Waals surface area contributed by atoms with E-state index in [0.29, 0.717) is 25.9 Å². The lowest BCUT2D eigenvalue weighted by molar-refractivity contribution is -0.136. The molecule has 10 heteroatoms. The molecule has 1 aromatic rings. The maximum Gasteiger partial charge on any atom is 0.359 e. The van der Waals surface area contributed by atoms with E-state index in [0.717, 1.165) is 12.8 Å². The summed E-state index contributed by atoms with van der Waals surface area (Å²) in [4.78, 5) is 38.0. The number of hydrogen-bond donors (Lipinski definition) is 0. The summed E-state index contributed by atoms with van der Waals surface area (Å²) >= 11 is 0. The molecule has 2 rings (SSSR count). The van der Waals surface area contributed by atoms with Crippen LogP contribution in [-0.4, -0.2) is 65.7 Å². The van der Waals surface area contributed by atoms with Gasteiger partial charge in [0.1, 0.15) is 0 Å². The third-order valence-electron chi connectivity index (χ3n) is 4.56. The van der Waals surface area contributed by atoms with E-state index >= 15 is 0 Å². The Kier molecular flexibility index (Phi) is 7.73. The highest BCUT2D eigenvalue weighted by atomic mass is 32.2. The molecule has 0 spiro atoms. The van der Waals surface area contributed by atoms with Gasteiger partial charge >= 0.3 is 5.97 Å². The van der Waals surface area contributed by atoms with Gasteiger partial charge in [0.05, 0.1) is 11.5 Å². The van der Waals surface area contributed by atoms with Crippen LogP contribution < -0.4 is 5.56 Å². The van der Waals surface area contributed by atoms with Gasteiger partial charge in [-0.15, -0.1) is 0 Å². The first kappa shape index (κ1) is 22.1. The molecule has 9 nitrogen and oxygen atoms in total. The van der Waals surface area contributed by atoms with Crippen LogP contribution >= 0.6 is 0 Å². The van der Waals surface area contributed by atoms with Gasteiger partial charge < -0.3 is 9.64 Å². The zero-order valence-corrected chi connectivity index (χ0v) is 17.1. The summed E-state index contributed by atoms with van der Waals surface area (Å²) in [5.41, 5.74) is -0.368. The van der Waals surface area contributed by atoms with Crippen LogP contribution in [0.5, 0.6) is 0 Å². The van der Waals surface area contributed by atoms with Gasteiger partial charge in [-0.2, -0.15) is 5.10 Å². The zero-order chi connectivity index (χ0) is 20.7. The van der Waals surface area contributed by atoms with E-state index < -0.39 is 28.3 Å². The minimum absolute atomic E-state index is 0.0515. The Morgan fingerprint density at radius 2 is 2.04 bits per heavy atom. The predicted molar refractivity (Wildman–Crippen MR) is 103 cm³/mol. The summed E-state index contributed by atoms with van der Waals surface area (Å²) in [7, 11) is -3.13. The van der Waals surface area contributed by atoms with E-state index in [1.807, 2.05) is 13.8 Å². The molecule has 1 atom stereocenters. The SMILES string of the molecule is CCCCN(C(=O)COC(=O)c1ccc(=O)n(CCC)n1)C1CCS(=O)(=O)C1. The van der Waals surface area contributed by atoms with Crippen LogP contribution in [0, 0.1) is 0 Å². The molecule has 0 radical (unpaired) electrons. The van der Waals surface area contributed by atoms with Crippen molar-refractivity contribution in [2.75, 3.05) is 24.7 Å². The minimum Gasteiger partial charge on any atom is -0.451 e. The Hall–Kier alpha value is -2.23. The Morgan fingerprint density at radius 3 is 2.64 bits per heavy atom. The van der Waals surface area contributed by atoms with Gasteiger partial charge in [0.25, 0.3) is 11.5 Å². The van der Waals surface area contributed by atoms with Crippen molar-refractivity contribution >= 4 is 21.7 Å². The van der Waals surface area contributed by atoms with Crippen molar-refractivity contribution in [1.82, 2.24) is 14.7 Å². The average Bonchev–Trinajstić information content (AvgIpc) is 3.01. The molecule has 1 amide bonds. The largest absolute Gasteiger partial charge is 0.451 e. The molecule has 1 saturated heterocycles. The van der Waals surface area contributed by atoms with Crippen LogP contribution in [0.4, 0.5) is 0 Å². The molecule has 0 saturated carbocycles. The molecular formula is C18H27N3O6S. The van der Waals surface area contributed by atoms with Crippen LogP contribution in [0.15, 0.2) is 16.9 Å². The summed E-state index contributed by atoms with van der Waals surface area (Å²) in [6.07, 6.45) is 2.67. The molecule has 1 aliphatic rings. The van der Waals surface area contributed by atoms with E-state index in [2.05, 4.69) is 5.10 Å². The lowest BCUT2D eigenvalue weighted by Gasteiger charge is -2.28. The van der Waals surface area contributed by atoms with Crippen molar-refractivity contribution < 1.29 is 22.7 Å². The number of aryl methyl sites for hydroxylation is 1. The standard InChI is InChI=1S/C18H27N3O6S/c1-3-5-10-20(14-8-11-28(25,26)13-14)17(23)12-27-18(24)15-6-7-16(22)21(19-15)9-4-2/h6-7,14H,3-5,8-13H2,1-2H3. The Morgan fingerprint density at radius 1 is 1.29 bits per heavy atom. The fourth-order valence-corrected chi connectivity index (χ4v) is 4.81. The van der Waals surface area contributed by atoms with Gasteiger partial charge in [0.15, 0.2) is 22.1 Å². The number of aromatic nitrogens is 2. The van der Waals surface area contributed by atoms with Crippen molar-refractivity contribution in [3.05, 3.63) is 28.2 Å². The highest BCUT2D eigenvalue weighted by Crippen LogP contribution is 2.18. The fraction of sp³-hybridized carbons (Fsp3) is 0.667. The first-order chi connectivity index (χ1) is 13.3. The quantitative estimate of drug-likeness (QED) is 0.545. The number of unbranched alkanes of at least 4 members (excludes halogenated alkanes) is 1. The normalized spacial score (nSPS) is 18.0. The smallest absolute Gasteiger partial charge is 0.359 e. The molecule has 1 aromatic heterocycles. The number of carbonyl (C=O) groups is 2. The fourth-order valence-electron chi connectivity index (χ4n) is 3.07. The number of ether oxygens (including phenoxy) is 1. The van der Waals surface area contributed by atoms with Crippen LogP contribution in [0.25, 0.3) is 0 Å². The van der Waals surface area contributed by atoms with E-state index in [9.17, 15) is 22.8 Å². The lowest BCUT2D eigenvalue weighted by Crippen LogP contribution is -2.44. The minimum atomic E-state index is -3.13. The van der Waals surface area contributed by atoms with Crippen molar-refractivity contribution in [2.45, 2.75) is 52.1 Å². The summed E-state index contributed by atoms with van der Waals surface area (Å²) in [6, 6.07) is 2.12. The van der Waals surface area contributed by atoms with Crippen LogP contribution in [-0.2, 0) is 25.9 Å². The number of hydrogen-bond acceptors (Lipinski definition) is 7. The molecule has 0 aromatic carbocycles. The summed E-state index contributed by atoms with van der Waals surface area (Å²) in [5.74, 6) is -1.21. The molecule has 0 N–H and O–H groups in total. The maximum absolute atomic E-state index is 12.6. The number of rotatable bonds is 9. The lowest BCUT2D eigenvalue weighted by atomic mass is 10.2. The van der Waals surface area contributed by atoms with Gasteiger partial charge in [-0.05, 0) is 25.3 Å². The molecule has 1 unspecified atom stereocenters. The Bertz CT molecular complexity index is 864. The monoisotopic (exact) mass is 413 g/mol. The van der Waals surface area contributed by atoms with Crippen molar-refractivity contribution in [1.29, 1.82) is 0 Å². The first-order valence-corrected chi connectivity index (χ1v) is 11.3. The van der Waals surface area contributed by atoms with E-state index in [4.69, 9.17) is 4.74 Å².